The lowest BCUT2D eigenvalue weighted by Crippen LogP contribution is -2.36. The molecule has 2 nitrogen and oxygen atoms in total. The average Bonchev–Trinajstić information content (AvgIpc) is 2.40. The minimum absolute atomic E-state index is 0.0111. The van der Waals surface area contributed by atoms with Crippen LogP contribution >= 0.6 is 0 Å². The number of fused-ring (bicyclic) bond motifs is 1. The van der Waals surface area contributed by atoms with Crippen molar-refractivity contribution in [3.63, 3.8) is 0 Å². The third kappa shape index (κ3) is 2.08. The number of rotatable bonds is 1. The minimum atomic E-state index is -0.0111. The van der Waals surface area contributed by atoms with Crippen molar-refractivity contribution in [1.82, 2.24) is 0 Å². The average molecular weight is 230 g/mol. The lowest BCUT2D eigenvalue weighted by Gasteiger charge is -2.38. The topological polar surface area (TPSA) is 26.3 Å². The molecule has 0 spiro atoms. The maximum absolute atomic E-state index is 12.0. The summed E-state index contributed by atoms with van der Waals surface area (Å²) in [7, 11) is 0. The molecule has 90 valence electrons. The SMILES string of the molecule is O=C1O[C@H](c2ccccc2)C[C@H]2CCCC[C@H]12. The van der Waals surface area contributed by atoms with Crippen molar-refractivity contribution in [2.75, 3.05) is 0 Å². The molecule has 2 heteroatoms. The summed E-state index contributed by atoms with van der Waals surface area (Å²) in [6.07, 6.45) is 5.69. The van der Waals surface area contributed by atoms with Crippen molar-refractivity contribution in [3.05, 3.63) is 35.9 Å². The Morgan fingerprint density at radius 1 is 1.06 bits per heavy atom. The number of carbonyl (C=O) groups is 1. The van der Waals surface area contributed by atoms with Gasteiger partial charge in [0, 0.05) is 0 Å². The van der Waals surface area contributed by atoms with E-state index in [9.17, 15) is 4.79 Å². The first kappa shape index (κ1) is 10.8. The number of hydrogen-bond acceptors (Lipinski definition) is 2. The fourth-order valence-corrected chi connectivity index (χ4v) is 3.22. The fourth-order valence-electron chi connectivity index (χ4n) is 3.22. The fraction of sp³-hybridized carbons (Fsp3) is 0.533. The molecule has 0 N–H and O–H groups in total. The predicted octanol–water partition coefficient (Wildman–Crippen LogP) is 3.48. The highest BCUT2D eigenvalue weighted by Crippen LogP contribution is 2.42. The Labute approximate surface area is 102 Å². The van der Waals surface area contributed by atoms with Crippen LogP contribution in [0, 0.1) is 11.8 Å². The number of hydrogen-bond donors (Lipinski definition) is 0. The van der Waals surface area contributed by atoms with Gasteiger partial charge in [-0.3, -0.25) is 4.79 Å². The maximum Gasteiger partial charge on any atom is 0.309 e. The maximum atomic E-state index is 12.0. The summed E-state index contributed by atoms with van der Waals surface area (Å²) in [4.78, 5) is 12.0. The smallest absolute Gasteiger partial charge is 0.309 e. The summed E-state index contributed by atoms with van der Waals surface area (Å²) in [5.74, 6) is 0.772. The minimum Gasteiger partial charge on any atom is -0.457 e. The van der Waals surface area contributed by atoms with E-state index >= 15 is 0 Å². The summed E-state index contributed by atoms with van der Waals surface area (Å²) in [5.41, 5.74) is 1.14. The van der Waals surface area contributed by atoms with Gasteiger partial charge in [0.2, 0.25) is 0 Å². The third-order valence-electron chi connectivity index (χ3n) is 4.16. The highest BCUT2D eigenvalue weighted by atomic mass is 16.5. The van der Waals surface area contributed by atoms with Gasteiger partial charge >= 0.3 is 5.97 Å². The highest BCUT2D eigenvalue weighted by molar-refractivity contribution is 5.74. The lowest BCUT2D eigenvalue weighted by molar-refractivity contribution is -0.167. The Hall–Kier alpha value is -1.31. The number of cyclic esters (lactones) is 1. The molecule has 2 fully saturated rings. The second-order valence-electron chi connectivity index (χ2n) is 5.22. The van der Waals surface area contributed by atoms with Gasteiger partial charge in [0.25, 0.3) is 0 Å². The second-order valence-corrected chi connectivity index (χ2v) is 5.22. The number of carbonyl (C=O) groups excluding carboxylic acids is 1. The third-order valence-corrected chi connectivity index (χ3v) is 4.16. The molecule has 3 atom stereocenters. The molecule has 1 heterocycles. The monoisotopic (exact) mass is 230 g/mol. The normalized spacial score (nSPS) is 32.7. The second kappa shape index (κ2) is 4.52. The molecule has 0 aromatic heterocycles. The van der Waals surface area contributed by atoms with Crippen LogP contribution in [-0.4, -0.2) is 5.97 Å². The molecule has 0 unspecified atom stereocenters. The van der Waals surface area contributed by atoms with Gasteiger partial charge in [-0.1, -0.05) is 43.2 Å². The molecule has 1 aromatic rings. The van der Waals surface area contributed by atoms with E-state index in [1.807, 2.05) is 18.2 Å². The highest BCUT2D eigenvalue weighted by Gasteiger charge is 2.39. The van der Waals surface area contributed by atoms with Crippen molar-refractivity contribution in [1.29, 1.82) is 0 Å². The van der Waals surface area contributed by atoms with E-state index in [-0.39, 0.29) is 18.0 Å². The van der Waals surface area contributed by atoms with Crippen molar-refractivity contribution in [2.24, 2.45) is 11.8 Å². The zero-order chi connectivity index (χ0) is 11.7. The van der Waals surface area contributed by atoms with E-state index in [0.29, 0.717) is 5.92 Å². The molecule has 2 aliphatic rings. The van der Waals surface area contributed by atoms with Crippen LogP contribution < -0.4 is 0 Å². The molecular weight excluding hydrogens is 212 g/mol. The van der Waals surface area contributed by atoms with Gasteiger partial charge in [0.1, 0.15) is 6.10 Å². The zero-order valence-electron chi connectivity index (χ0n) is 9.97. The van der Waals surface area contributed by atoms with E-state index in [0.717, 1.165) is 18.4 Å². The molecule has 0 amide bonds. The first-order valence-electron chi connectivity index (χ1n) is 6.60. The van der Waals surface area contributed by atoms with E-state index in [1.165, 1.54) is 19.3 Å². The van der Waals surface area contributed by atoms with Gasteiger partial charge in [0.15, 0.2) is 0 Å². The first-order chi connectivity index (χ1) is 8.34. The van der Waals surface area contributed by atoms with E-state index in [4.69, 9.17) is 4.74 Å². The molecule has 1 saturated heterocycles. The van der Waals surface area contributed by atoms with Crippen molar-refractivity contribution in [2.45, 2.75) is 38.2 Å². The van der Waals surface area contributed by atoms with Gasteiger partial charge in [-0.15, -0.1) is 0 Å². The van der Waals surface area contributed by atoms with Crippen LogP contribution in [0.3, 0.4) is 0 Å². The first-order valence-corrected chi connectivity index (χ1v) is 6.60. The molecule has 1 aromatic carbocycles. The van der Waals surface area contributed by atoms with Crippen molar-refractivity contribution >= 4 is 5.97 Å². The van der Waals surface area contributed by atoms with E-state index < -0.39 is 0 Å². The summed E-state index contributed by atoms with van der Waals surface area (Å²) < 4.78 is 5.60. The molecule has 3 rings (SSSR count). The molecule has 1 aliphatic carbocycles. The van der Waals surface area contributed by atoms with Crippen LogP contribution in [0.25, 0.3) is 0 Å². The molecule has 1 saturated carbocycles. The molecule has 0 bridgehead atoms. The van der Waals surface area contributed by atoms with Gasteiger partial charge in [-0.2, -0.15) is 0 Å². The van der Waals surface area contributed by atoms with Crippen LogP contribution in [0.5, 0.6) is 0 Å². The Morgan fingerprint density at radius 3 is 2.65 bits per heavy atom. The van der Waals surface area contributed by atoms with Gasteiger partial charge in [0.05, 0.1) is 5.92 Å². The van der Waals surface area contributed by atoms with Crippen LogP contribution in [0.15, 0.2) is 30.3 Å². The largest absolute Gasteiger partial charge is 0.457 e. The quantitative estimate of drug-likeness (QED) is 0.690. The molecular formula is C15H18O2. The number of benzene rings is 1. The van der Waals surface area contributed by atoms with Crippen LogP contribution in [-0.2, 0) is 9.53 Å². The molecule has 0 radical (unpaired) electrons. The Balaban J connectivity index is 1.79. The summed E-state index contributed by atoms with van der Waals surface area (Å²) in [6, 6.07) is 10.1. The van der Waals surface area contributed by atoms with E-state index in [1.54, 1.807) is 0 Å². The molecule has 17 heavy (non-hydrogen) atoms. The Bertz CT molecular complexity index is 399. The standard InChI is InChI=1S/C15H18O2/c16-15-13-9-5-4-8-12(13)10-14(17-15)11-6-2-1-3-7-11/h1-3,6-7,12-14H,4-5,8-10H2/t12-,13+,14+/m1/s1. The number of ether oxygens (including phenoxy) is 1. The van der Waals surface area contributed by atoms with Crippen molar-refractivity contribution in [3.8, 4) is 0 Å². The lowest BCUT2D eigenvalue weighted by atomic mass is 9.74. The van der Waals surface area contributed by atoms with Crippen LogP contribution in [0.2, 0.25) is 0 Å². The molecule has 1 aliphatic heterocycles. The zero-order valence-corrected chi connectivity index (χ0v) is 9.97. The summed E-state index contributed by atoms with van der Waals surface area (Å²) in [5, 5.41) is 0. The van der Waals surface area contributed by atoms with Crippen molar-refractivity contribution < 1.29 is 9.53 Å². The van der Waals surface area contributed by atoms with Gasteiger partial charge in [-0.25, -0.2) is 0 Å². The van der Waals surface area contributed by atoms with Gasteiger partial charge in [-0.05, 0) is 30.7 Å². The van der Waals surface area contributed by atoms with E-state index in [2.05, 4.69) is 12.1 Å². The number of esters is 1. The van der Waals surface area contributed by atoms with Crippen LogP contribution in [0.4, 0.5) is 0 Å². The summed E-state index contributed by atoms with van der Waals surface area (Å²) >= 11 is 0. The van der Waals surface area contributed by atoms with Crippen LogP contribution in [0.1, 0.15) is 43.8 Å². The van der Waals surface area contributed by atoms with Gasteiger partial charge < -0.3 is 4.74 Å². The Morgan fingerprint density at radius 2 is 1.82 bits per heavy atom. The summed E-state index contributed by atoms with van der Waals surface area (Å²) in [6.45, 7) is 0. The predicted molar refractivity (Wildman–Crippen MR) is 65.3 cm³/mol. The Kier molecular flexibility index (Phi) is 2.87.